The number of aromatic amines is 1. The maximum absolute atomic E-state index is 12.5. The van der Waals surface area contributed by atoms with Gasteiger partial charge >= 0.3 is 0 Å². The lowest BCUT2D eigenvalue weighted by Gasteiger charge is -2.31. The number of imidazole rings is 1. The second-order valence-electron chi connectivity index (χ2n) is 6.70. The molecule has 0 aliphatic carbocycles. The highest BCUT2D eigenvalue weighted by molar-refractivity contribution is 5.96. The number of ketones is 1. The molecule has 0 atom stereocenters. The van der Waals surface area contributed by atoms with Crippen molar-refractivity contribution >= 4 is 11.7 Å². The summed E-state index contributed by atoms with van der Waals surface area (Å²) >= 11 is 0. The Morgan fingerprint density at radius 2 is 2.00 bits per heavy atom. The molecule has 134 valence electrons. The molecule has 25 heavy (non-hydrogen) atoms. The standard InChI is InChI=1S/C18H25N5O2/c1-12-17(14(3)24)13(2)23(21-12)11-6-16(25)22-9-4-15(5-10-22)18-19-7-8-20-18/h7-8,15H,4-6,9-11H2,1-3H3,(H,19,20). The molecular weight excluding hydrogens is 318 g/mol. The number of carbonyl (C=O) groups is 2. The molecule has 1 N–H and O–H groups in total. The average Bonchev–Trinajstić information content (AvgIpc) is 3.21. The number of hydrogen-bond donors (Lipinski definition) is 1. The molecule has 1 fully saturated rings. The summed E-state index contributed by atoms with van der Waals surface area (Å²) < 4.78 is 1.78. The number of likely N-dealkylation sites (tertiary alicyclic amines) is 1. The molecule has 0 aromatic carbocycles. The van der Waals surface area contributed by atoms with E-state index in [4.69, 9.17) is 0 Å². The average molecular weight is 343 g/mol. The zero-order chi connectivity index (χ0) is 18.0. The molecule has 0 spiro atoms. The van der Waals surface area contributed by atoms with Gasteiger partial charge in [0.05, 0.1) is 11.3 Å². The molecule has 0 saturated carbocycles. The summed E-state index contributed by atoms with van der Waals surface area (Å²) in [6, 6.07) is 0. The number of piperidine rings is 1. The summed E-state index contributed by atoms with van der Waals surface area (Å²) in [6.07, 6.45) is 5.90. The van der Waals surface area contributed by atoms with E-state index in [1.54, 1.807) is 17.8 Å². The normalized spacial score (nSPS) is 15.6. The van der Waals surface area contributed by atoms with Crippen LogP contribution in [0.2, 0.25) is 0 Å². The Labute approximate surface area is 147 Å². The number of hydrogen-bond acceptors (Lipinski definition) is 4. The summed E-state index contributed by atoms with van der Waals surface area (Å²) in [7, 11) is 0. The molecule has 3 rings (SSSR count). The van der Waals surface area contributed by atoms with Crippen LogP contribution in [0, 0.1) is 13.8 Å². The molecule has 2 aromatic rings. The Morgan fingerprint density at radius 3 is 2.56 bits per heavy atom. The molecule has 2 aromatic heterocycles. The van der Waals surface area contributed by atoms with E-state index in [1.165, 1.54) is 0 Å². The number of Topliss-reactive ketones (excluding diaryl/α,β-unsaturated/α-hetero) is 1. The van der Waals surface area contributed by atoms with Gasteiger partial charge in [0.2, 0.25) is 5.91 Å². The smallest absolute Gasteiger partial charge is 0.224 e. The van der Waals surface area contributed by atoms with Crippen molar-refractivity contribution in [3.63, 3.8) is 0 Å². The molecule has 1 saturated heterocycles. The monoisotopic (exact) mass is 343 g/mol. The first kappa shape index (κ1) is 17.4. The third-order valence-electron chi connectivity index (χ3n) is 5.02. The first-order valence-electron chi connectivity index (χ1n) is 8.79. The van der Waals surface area contributed by atoms with Crippen LogP contribution in [0.4, 0.5) is 0 Å². The van der Waals surface area contributed by atoms with Crippen molar-refractivity contribution < 1.29 is 9.59 Å². The number of rotatable bonds is 5. The lowest BCUT2D eigenvalue weighted by atomic mass is 9.96. The summed E-state index contributed by atoms with van der Waals surface area (Å²) in [5, 5.41) is 4.41. The van der Waals surface area contributed by atoms with Crippen LogP contribution in [-0.2, 0) is 11.3 Å². The van der Waals surface area contributed by atoms with Crippen molar-refractivity contribution in [2.45, 2.75) is 52.5 Å². The lowest BCUT2D eigenvalue weighted by molar-refractivity contribution is -0.132. The summed E-state index contributed by atoms with van der Waals surface area (Å²) in [6.45, 7) is 7.31. The third kappa shape index (κ3) is 3.65. The molecule has 1 aliphatic heterocycles. The van der Waals surface area contributed by atoms with Gasteiger partial charge in [-0.25, -0.2) is 4.98 Å². The van der Waals surface area contributed by atoms with E-state index in [9.17, 15) is 9.59 Å². The van der Waals surface area contributed by atoms with Crippen molar-refractivity contribution in [2.24, 2.45) is 0 Å². The fourth-order valence-electron chi connectivity index (χ4n) is 3.69. The van der Waals surface area contributed by atoms with Crippen molar-refractivity contribution in [3.8, 4) is 0 Å². The van der Waals surface area contributed by atoms with Gasteiger partial charge in [0, 0.05) is 50.1 Å². The molecule has 3 heterocycles. The fourth-order valence-corrected chi connectivity index (χ4v) is 3.69. The zero-order valence-corrected chi connectivity index (χ0v) is 15.1. The van der Waals surface area contributed by atoms with Crippen LogP contribution in [-0.4, -0.2) is 49.4 Å². The van der Waals surface area contributed by atoms with Crippen LogP contribution in [0.1, 0.15) is 59.7 Å². The van der Waals surface area contributed by atoms with E-state index in [0.717, 1.165) is 43.1 Å². The van der Waals surface area contributed by atoms with Crippen LogP contribution >= 0.6 is 0 Å². The molecule has 0 bridgehead atoms. The molecule has 1 amide bonds. The van der Waals surface area contributed by atoms with Gasteiger partial charge in [0.1, 0.15) is 5.82 Å². The first-order valence-corrected chi connectivity index (χ1v) is 8.79. The second-order valence-corrected chi connectivity index (χ2v) is 6.70. The Hall–Kier alpha value is -2.44. The van der Waals surface area contributed by atoms with Crippen molar-refractivity contribution in [1.82, 2.24) is 24.6 Å². The summed E-state index contributed by atoms with van der Waals surface area (Å²) in [5.41, 5.74) is 2.25. The van der Waals surface area contributed by atoms with Crippen LogP contribution in [0.3, 0.4) is 0 Å². The van der Waals surface area contributed by atoms with Gasteiger partial charge < -0.3 is 9.88 Å². The van der Waals surface area contributed by atoms with Crippen molar-refractivity contribution in [3.05, 3.63) is 35.2 Å². The number of H-pyrrole nitrogens is 1. The van der Waals surface area contributed by atoms with Crippen molar-refractivity contribution in [1.29, 1.82) is 0 Å². The number of nitrogens with one attached hydrogen (secondary N) is 1. The van der Waals surface area contributed by atoms with Gasteiger partial charge in [0.15, 0.2) is 5.78 Å². The van der Waals surface area contributed by atoms with Gasteiger partial charge in [-0.3, -0.25) is 14.3 Å². The highest BCUT2D eigenvalue weighted by Gasteiger charge is 2.25. The van der Waals surface area contributed by atoms with Crippen LogP contribution in [0.15, 0.2) is 12.4 Å². The van der Waals surface area contributed by atoms with E-state index in [-0.39, 0.29) is 11.7 Å². The fraction of sp³-hybridized carbons (Fsp3) is 0.556. The van der Waals surface area contributed by atoms with Gasteiger partial charge in [-0.2, -0.15) is 5.10 Å². The molecule has 1 aliphatic rings. The topological polar surface area (TPSA) is 83.9 Å². The number of amides is 1. The summed E-state index contributed by atoms with van der Waals surface area (Å²) in [4.78, 5) is 33.6. The minimum Gasteiger partial charge on any atom is -0.348 e. The van der Waals surface area contributed by atoms with Gasteiger partial charge in [-0.05, 0) is 33.6 Å². The van der Waals surface area contributed by atoms with Crippen molar-refractivity contribution in [2.75, 3.05) is 13.1 Å². The Kier molecular flexibility index (Phi) is 5.01. The molecule has 0 unspecified atom stereocenters. The predicted molar refractivity (Wildman–Crippen MR) is 93.5 cm³/mol. The summed E-state index contributed by atoms with van der Waals surface area (Å²) in [5.74, 6) is 1.60. The van der Waals surface area contributed by atoms with E-state index < -0.39 is 0 Å². The van der Waals surface area contributed by atoms with Gasteiger partial charge in [0.25, 0.3) is 0 Å². The lowest BCUT2D eigenvalue weighted by Crippen LogP contribution is -2.38. The van der Waals surface area contributed by atoms with E-state index >= 15 is 0 Å². The van der Waals surface area contributed by atoms with Gasteiger partial charge in [-0.15, -0.1) is 0 Å². The number of nitrogens with zero attached hydrogens (tertiary/aromatic N) is 4. The zero-order valence-electron chi connectivity index (χ0n) is 15.1. The quantitative estimate of drug-likeness (QED) is 0.844. The Morgan fingerprint density at radius 1 is 1.28 bits per heavy atom. The van der Waals surface area contributed by atoms with E-state index in [2.05, 4.69) is 15.1 Å². The third-order valence-corrected chi connectivity index (χ3v) is 5.02. The van der Waals surface area contributed by atoms with Gasteiger partial charge in [-0.1, -0.05) is 0 Å². The van der Waals surface area contributed by atoms with E-state index in [0.29, 0.717) is 24.4 Å². The minimum atomic E-state index is 0.0209. The molecule has 0 radical (unpaired) electrons. The maximum Gasteiger partial charge on any atom is 0.224 e. The SMILES string of the molecule is CC(=O)c1c(C)nn(CCC(=O)N2CCC(c3ncc[nH]3)CC2)c1C. The molecule has 7 heteroatoms. The maximum atomic E-state index is 12.5. The Bertz CT molecular complexity index is 755. The van der Waals surface area contributed by atoms with Crippen LogP contribution in [0.5, 0.6) is 0 Å². The highest BCUT2D eigenvalue weighted by Crippen LogP contribution is 2.25. The highest BCUT2D eigenvalue weighted by atomic mass is 16.2. The second kappa shape index (κ2) is 7.21. The number of carbonyl (C=O) groups excluding carboxylic acids is 2. The Balaban J connectivity index is 1.54. The van der Waals surface area contributed by atoms with Crippen LogP contribution < -0.4 is 0 Å². The number of aryl methyl sites for hydroxylation is 2. The van der Waals surface area contributed by atoms with E-state index in [1.807, 2.05) is 24.9 Å². The molecular formula is C18H25N5O2. The minimum absolute atomic E-state index is 0.0209. The van der Waals surface area contributed by atoms with Crippen LogP contribution in [0.25, 0.3) is 0 Å². The molecule has 7 nitrogen and oxygen atoms in total. The first-order chi connectivity index (χ1) is 12.0. The predicted octanol–water partition coefficient (Wildman–Crippen LogP) is 2.22. The number of aromatic nitrogens is 4. The largest absolute Gasteiger partial charge is 0.348 e.